The number of aryl methyl sites for hydroxylation is 1. The molecular formula is C14H17ClN4O2. The highest BCUT2D eigenvalue weighted by Gasteiger charge is 2.36. The minimum Gasteiger partial charge on any atom is -0.380 e. The van der Waals surface area contributed by atoms with Crippen molar-refractivity contribution in [1.29, 1.82) is 0 Å². The van der Waals surface area contributed by atoms with Crippen molar-refractivity contribution in [3.63, 3.8) is 0 Å². The molecule has 1 aliphatic rings. The summed E-state index contributed by atoms with van der Waals surface area (Å²) in [5, 5.41) is 4.55. The lowest BCUT2D eigenvalue weighted by Crippen LogP contribution is -2.25. The molecule has 0 aliphatic carbocycles. The van der Waals surface area contributed by atoms with Crippen LogP contribution < -0.4 is 0 Å². The topological polar surface area (TPSA) is 64.3 Å². The molecule has 3 heterocycles. The number of pyridine rings is 1. The molecule has 7 heteroatoms. The third kappa shape index (κ3) is 3.07. The van der Waals surface area contributed by atoms with Gasteiger partial charge >= 0.3 is 0 Å². The Morgan fingerprint density at radius 3 is 3.05 bits per heavy atom. The molecule has 0 saturated carbocycles. The number of hydrogen-bond acceptors (Lipinski definition) is 6. The normalized spacial score (nSPS) is 22.8. The second-order valence-electron chi connectivity index (χ2n) is 5.19. The zero-order valence-electron chi connectivity index (χ0n) is 12.0. The van der Waals surface area contributed by atoms with E-state index in [1.807, 2.05) is 13.0 Å². The van der Waals surface area contributed by atoms with Crippen LogP contribution in [0.3, 0.4) is 0 Å². The fourth-order valence-corrected chi connectivity index (χ4v) is 2.84. The van der Waals surface area contributed by atoms with Crippen molar-refractivity contribution in [3.8, 4) is 0 Å². The molecule has 0 spiro atoms. The number of ether oxygens (including phenoxy) is 1. The largest absolute Gasteiger partial charge is 0.380 e. The lowest BCUT2D eigenvalue weighted by molar-refractivity contribution is 0.107. The van der Waals surface area contributed by atoms with E-state index in [0.717, 1.165) is 18.5 Å². The van der Waals surface area contributed by atoms with E-state index in [1.54, 1.807) is 19.5 Å². The van der Waals surface area contributed by atoms with Crippen molar-refractivity contribution in [2.45, 2.75) is 32.0 Å². The Morgan fingerprint density at radius 1 is 1.52 bits per heavy atom. The SMILES string of the molecule is CO[C@@H]1C[C@H](c2nc(C)no2)N(Cc2ccncc2Cl)C1. The molecule has 112 valence electrons. The average Bonchev–Trinajstić information content (AvgIpc) is 3.07. The van der Waals surface area contributed by atoms with Crippen LogP contribution in [0, 0.1) is 6.92 Å². The summed E-state index contributed by atoms with van der Waals surface area (Å²) in [6.07, 6.45) is 4.40. The summed E-state index contributed by atoms with van der Waals surface area (Å²) >= 11 is 6.20. The molecule has 3 rings (SSSR count). The van der Waals surface area contributed by atoms with E-state index in [0.29, 0.717) is 23.3 Å². The molecule has 2 aromatic rings. The van der Waals surface area contributed by atoms with Crippen molar-refractivity contribution in [3.05, 3.63) is 40.8 Å². The van der Waals surface area contributed by atoms with Crippen LogP contribution in [0.4, 0.5) is 0 Å². The molecule has 1 aliphatic heterocycles. The van der Waals surface area contributed by atoms with Crippen molar-refractivity contribution in [2.75, 3.05) is 13.7 Å². The van der Waals surface area contributed by atoms with E-state index < -0.39 is 0 Å². The molecule has 0 bridgehead atoms. The van der Waals surface area contributed by atoms with E-state index >= 15 is 0 Å². The van der Waals surface area contributed by atoms with Gasteiger partial charge < -0.3 is 9.26 Å². The maximum absolute atomic E-state index is 6.20. The van der Waals surface area contributed by atoms with E-state index in [-0.39, 0.29) is 12.1 Å². The molecule has 6 nitrogen and oxygen atoms in total. The summed E-state index contributed by atoms with van der Waals surface area (Å²) in [6.45, 7) is 3.33. The number of likely N-dealkylation sites (tertiary alicyclic amines) is 1. The smallest absolute Gasteiger partial charge is 0.244 e. The van der Waals surface area contributed by atoms with Crippen molar-refractivity contribution in [2.24, 2.45) is 0 Å². The molecule has 0 N–H and O–H groups in total. The zero-order chi connectivity index (χ0) is 14.8. The number of halogens is 1. The van der Waals surface area contributed by atoms with Crippen LogP contribution in [0.25, 0.3) is 0 Å². The highest BCUT2D eigenvalue weighted by atomic mass is 35.5. The Morgan fingerprint density at radius 2 is 2.38 bits per heavy atom. The first-order valence-electron chi connectivity index (χ1n) is 6.83. The predicted octanol–water partition coefficient (Wildman–Crippen LogP) is 2.39. The molecule has 2 atom stereocenters. The van der Waals surface area contributed by atoms with Gasteiger partial charge in [0.15, 0.2) is 5.82 Å². The van der Waals surface area contributed by atoms with Crippen molar-refractivity contribution < 1.29 is 9.26 Å². The van der Waals surface area contributed by atoms with Crippen LogP contribution in [-0.2, 0) is 11.3 Å². The van der Waals surface area contributed by atoms with Crippen molar-refractivity contribution >= 4 is 11.6 Å². The summed E-state index contributed by atoms with van der Waals surface area (Å²) in [5.41, 5.74) is 1.03. The van der Waals surface area contributed by atoms with Gasteiger partial charge in [0.1, 0.15) is 0 Å². The third-order valence-electron chi connectivity index (χ3n) is 3.76. The lowest BCUT2D eigenvalue weighted by Gasteiger charge is -2.21. The second kappa shape index (κ2) is 6.09. The molecule has 0 amide bonds. The number of nitrogens with zero attached hydrogens (tertiary/aromatic N) is 4. The molecule has 0 unspecified atom stereocenters. The minimum atomic E-state index is 0.0559. The van der Waals surface area contributed by atoms with Gasteiger partial charge in [-0.3, -0.25) is 9.88 Å². The van der Waals surface area contributed by atoms with E-state index in [1.165, 1.54) is 0 Å². The predicted molar refractivity (Wildman–Crippen MR) is 76.8 cm³/mol. The van der Waals surface area contributed by atoms with Crippen LogP contribution in [-0.4, -0.2) is 39.8 Å². The van der Waals surface area contributed by atoms with E-state index in [9.17, 15) is 0 Å². The fraction of sp³-hybridized carbons (Fsp3) is 0.500. The summed E-state index contributed by atoms with van der Waals surface area (Å²) < 4.78 is 10.8. The molecule has 2 aromatic heterocycles. The standard InChI is InChI=1S/C14H17ClN4O2/c1-9-17-14(21-18-9)13-5-11(20-2)8-19(13)7-10-3-4-16-6-12(10)15/h3-4,6,11,13H,5,7-8H2,1-2H3/t11-,13-/m1/s1. The Labute approximate surface area is 128 Å². The van der Waals surface area contributed by atoms with E-state index in [4.69, 9.17) is 20.9 Å². The maximum Gasteiger partial charge on any atom is 0.244 e. The van der Waals surface area contributed by atoms with Crippen LogP contribution in [0.15, 0.2) is 23.0 Å². The third-order valence-corrected chi connectivity index (χ3v) is 4.10. The number of rotatable bonds is 4. The van der Waals surface area contributed by atoms with Crippen molar-refractivity contribution in [1.82, 2.24) is 20.0 Å². The van der Waals surface area contributed by atoms with Gasteiger partial charge in [0, 0.05) is 32.6 Å². The second-order valence-corrected chi connectivity index (χ2v) is 5.59. The summed E-state index contributed by atoms with van der Waals surface area (Å²) in [4.78, 5) is 10.6. The first-order chi connectivity index (χ1) is 10.2. The Hall–Kier alpha value is -1.50. The molecule has 1 fully saturated rings. The van der Waals surface area contributed by atoms with Crippen LogP contribution in [0.1, 0.15) is 29.7 Å². The van der Waals surface area contributed by atoms with Gasteiger partial charge in [-0.1, -0.05) is 16.8 Å². The van der Waals surface area contributed by atoms with Gasteiger partial charge in [-0.2, -0.15) is 4.98 Å². The van der Waals surface area contributed by atoms with Gasteiger partial charge in [0.25, 0.3) is 0 Å². The number of aromatic nitrogens is 3. The summed E-state index contributed by atoms with van der Waals surface area (Å²) in [7, 11) is 1.73. The lowest BCUT2D eigenvalue weighted by atomic mass is 10.2. The Balaban J connectivity index is 1.82. The number of hydrogen-bond donors (Lipinski definition) is 0. The van der Waals surface area contributed by atoms with Gasteiger partial charge in [-0.15, -0.1) is 0 Å². The highest BCUT2D eigenvalue weighted by Crippen LogP contribution is 2.34. The first-order valence-corrected chi connectivity index (χ1v) is 7.20. The molecule has 21 heavy (non-hydrogen) atoms. The fourth-order valence-electron chi connectivity index (χ4n) is 2.66. The summed E-state index contributed by atoms with van der Waals surface area (Å²) in [6, 6.07) is 1.99. The summed E-state index contributed by atoms with van der Waals surface area (Å²) in [5.74, 6) is 1.28. The zero-order valence-corrected chi connectivity index (χ0v) is 12.7. The number of methoxy groups -OCH3 is 1. The average molecular weight is 309 g/mol. The Bertz CT molecular complexity index is 619. The Kier molecular flexibility index (Phi) is 4.19. The van der Waals surface area contributed by atoms with Crippen LogP contribution in [0.5, 0.6) is 0 Å². The van der Waals surface area contributed by atoms with Crippen LogP contribution in [0.2, 0.25) is 5.02 Å². The monoisotopic (exact) mass is 308 g/mol. The maximum atomic E-state index is 6.20. The molecular weight excluding hydrogens is 292 g/mol. The van der Waals surface area contributed by atoms with Gasteiger partial charge in [-0.25, -0.2) is 0 Å². The van der Waals surface area contributed by atoms with Gasteiger partial charge in [0.2, 0.25) is 5.89 Å². The van der Waals surface area contributed by atoms with Crippen LogP contribution >= 0.6 is 11.6 Å². The first kappa shape index (κ1) is 14.4. The van der Waals surface area contributed by atoms with Gasteiger partial charge in [-0.05, 0) is 25.0 Å². The van der Waals surface area contributed by atoms with E-state index in [2.05, 4.69) is 20.0 Å². The minimum absolute atomic E-state index is 0.0559. The molecule has 0 aromatic carbocycles. The highest BCUT2D eigenvalue weighted by molar-refractivity contribution is 6.31. The molecule has 1 saturated heterocycles. The van der Waals surface area contributed by atoms with Gasteiger partial charge in [0.05, 0.1) is 17.2 Å². The quantitative estimate of drug-likeness (QED) is 0.864. The molecule has 0 radical (unpaired) electrons.